The first-order chi connectivity index (χ1) is 9.55. The van der Waals surface area contributed by atoms with Crippen molar-refractivity contribution in [2.75, 3.05) is 7.05 Å². The lowest BCUT2D eigenvalue weighted by Gasteiger charge is -2.25. The summed E-state index contributed by atoms with van der Waals surface area (Å²) in [7, 11) is -2.09. The highest BCUT2D eigenvalue weighted by Crippen LogP contribution is 2.11. The van der Waals surface area contributed by atoms with Crippen LogP contribution in [0.25, 0.3) is 0 Å². The van der Waals surface area contributed by atoms with E-state index in [1.165, 1.54) is 11.4 Å². The van der Waals surface area contributed by atoms with Crippen molar-refractivity contribution in [3.05, 3.63) is 35.4 Å². The Morgan fingerprint density at radius 3 is 2.57 bits per heavy atom. The summed E-state index contributed by atoms with van der Waals surface area (Å²) in [5.74, 6) is -0.0184. The molecule has 0 radical (unpaired) electrons. The monoisotopic (exact) mass is 314 g/mol. The lowest BCUT2D eigenvalue weighted by Crippen LogP contribution is -2.47. The molecule has 0 saturated heterocycles. The summed E-state index contributed by atoms with van der Waals surface area (Å²) < 4.78 is 28.1. The highest BCUT2D eigenvalue weighted by molar-refractivity contribution is 7.87. The maximum atomic E-state index is 12.2. The van der Waals surface area contributed by atoms with E-state index in [1.807, 2.05) is 0 Å². The van der Waals surface area contributed by atoms with Gasteiger partial charge in [0.15, 0.2) is 5.84 Å². The molecular formula is C13H22N4O3S. The Kier molecular flexibility index (Phi) is 5.32. The molecule has 0 aliphatic carbocycles. The van der Waals surface area contributed by atoms with Gasteiger partial charge < -0.3 is 10.9 Å². The molecule has 4 N–H and O–H groups in total. The molecule has 0 amide bonds. The van der Waals surface area contributed by atoms with Crippen molar-refractivity contribution in [1.82, 2.24) is 9.03 Å². The molecule has 0 aliphatic rings. The highest BCUT2D eigenvalue weighted by Gasteiger charge is 2.24. The maximum Gasteiger partial charge on any atom is 0.279 e. The molecule has 1 aromatic carbocycles. The van der Waals surface area contributed by atoms with Gasteiger partial charge in [0, 0.05) is 24.7 Å². The predicted octanol–water partition coefficient (Wildman–Crippen LogP) is 0.846. The number of nitrogens with two attached hydrogens (primary N) is 1. The molecule has 1 rings (SSSR count). The second-order valence-electron chi connectivity index (χ2n) is 5.80. The van der Waals surface area contributed by atoms with Gasteiger partial charge in [0.05, 0.1) is 0 Å². The van der Waals surface area contributed by atoms with Gasteiger partial charge in [0.1, 0.15) is 0 Å². The summed E-state index contributed by atoms with van der Waals surface area (Å²) in [6.07, 6.45) is 0. The van der Waals surface area contributed by atoms with E-state index in [4.69, 9.17) is 10.9 Å². The maximum absolute atomic E-state index is 12.2. The van der Waals surface area contributed by atoms with E-state index < -0.39 is 15.7 Å². The standard InChI is InChI=1S/C13H22N4O3S/c1-13(2,3)16-21(19,20)17(4)9-10-6-5-7-11(8-10)12(14)15-18/h5-8,16,18H,9H2,1-4H3,(H2,14,15). The minimum atomic E-state index is -3.58. The Morgan fingerprint density at radius 1 is 1.43 bits per heavy atom. The molecule has 1 aromatic rings. The molecule has 0 heterocycles. The molecule has 21 heavy (non-hydrogen) atoms. The fourth-order valence-corrected chi connectivity index (χ4v) is 2.94. The summed E-state index contributed by atoms with van der Waals surface area (Å²) in [6, 6.07) is 6.86. The summed E-state index contributed by atoms with van der Waals surface area (Å²) >= 11 is 0. The van der Waals surface area contributed by atoms with Crippen LogP contribution in [0.2, 0.25) is 0 Å². The van der Waals surface area contributed by atoms with Crippen LogP contribution in [0.3, 0.4) is 0 Å². The zero-order chi connectivity index (χ0) is 16.3. The molecule has 0 aromatic heterocycles. The van der Waals surface area contributed by atoms with Gasteiger partial charge in [0.25, 0.3) is 10.2 Å². The topological polar surface area (TPSA) is 108 Å². The third-order valence-corrected chi connectivity index (χ3v) is 4.40. The molecule has 118 valence electrons. The van der Waals surface area contributed by atoms with Gasteiger partial charge in [0.2, 0.25) is 0 Å². The number of hydrogen-bond acceptors (Lipinski definition) is 4. The molecule has 0 aliphatic heterocycles. The second-order valence-corrected chi connectivity index (χ2v) is 7.58. The van der Waals surface area contributed by atoms with Crippen LogP contribution in [-0.4, -0.2) is 36.4 Å². The van der Waals surface area contributed by atoms with Crippen LogP contribution in [0.4, 0.5) is 0 Å². The summed E-state index contributed by atoms with van der Waals surface area (Å²) in [5, 5.41) is 11.6. The minimum Gasteiger partial charge on any atom is -0.409 e. The lowest BCUT2D eigenvalue weighted by molar-refractivity contribution is 0.318. The summed E-state index contributed by atoms with van der Waals surface area (Å²) in [4.78, 5) is 0. The Morgan fingerprint density at radius 2 is 2.05 bits per heavy atom. The van der Waals surface area contributed by atoms with E-state index in [1.54, 1.807) is 45.0 Å². The first-order valence-corrected chi connectivity index (χ1v) is 7.81. The molecule has 0 unspecified atom stereocenters. The minimum absolute atomic E-state index is 0.0184. The van der Waals surface area contributed by atoms with E-state index >= 15 is 0 Å². The van der Waals surface area contributed by atoms with E-state index in [0.29, 0.717) is 5.56 Å². The number of benzene rings is 1. The molecule has 8 heteroatoms. The van der Waals surface area contributed by atoms with Crippen LogP contribution in [0.5, 0.6) is 0 Å². The summed E-state index contributed by atoms with van der Waals surface area (Å²) in [5.41, 5.74) is 6.24. The fourth-order valence-electron chi connectivity index (χ4n) is 1.69. The van der Waals surface area contributed by atoms with Gasteiger partial charge >= 0.3 is 0 Å². The zero-order valence-corrected chi connectivity index (χ0v) is 13.5. The second kappa shape index (κ2) is 6.42. The van der Waals surface area contributed by atoms with Gasteiger partial charge in [-0.1, -0.05) is 23.4 Å². The molecule has 0 bridgehead atoms. The van der Waals surface area contributed by atoms with E-state index in [9.17, 15) is 8.42 Å². The molecule has 0 atom stereocenters. The number of nitrogens with zero attached hydrogens (tertiary/aromatic N) is 2. The third kappa shape index (κ3) is 5.33. The third-order valence-electron chi connectivity index (χ3n) is 2.58. The fraction of sp³-hybridized carbons (Fsp3) is 0.462. The van der Waals surface area contributed by atoms with E-state index in [-0.39, 0.29) is 12.4 Å². The molecular weight excluding hydrogens is 292 g/mol. The van der Waals surface area contributed by atoms with Crippen molar-refractivity contribution < 1.29 is 13.6 Å². The first kappa shape index (κ1) is 17.4. The van der Waals surface area contributed by atoms with Crippen LogP contribution < -0.4 is 10.5 Å². The number of amidine groups is 1. The Labute approximate surface area is 125 Å². The Hall–Kier alpha value is -1.64. The van der Waals surface area contributed by atoms with Crippen LogP contribution in [0.1, 0.15) is 31.9 Å². The zero-order valence-electron chi connectivity index (χ0n) is 12.7. The molecule has 0 saturated carbocycles. The van der Waals surface area contributed by atoms with Crippen molar-refractivity contribution in [3.63, 3.8) is 0 Å². The van der Waals surface area contributed by atoms with Crippen LogP contribution in [0, 0.1) is 0 Å². The van der Waals surface area contributed by atoms with Gasteiger partial charge in [-0.25, -0.2) is 0 Å². The van der Waals surface area contributed by atoms with E-state index in [2.05, 4.69) is 9.88 Å². The van der Waals surface area contributed by atoms with Crippen molar-refractivity contribution in [3.8, 4) is 0 Å². The largest absolute Gasteiger partial charge is 0.409 e. The van der Waals surface area contributed by atoms with Crippen LogP contribution >= 0.6 is 0 Å². The van der Waals surface area contributed by atoms with Crippen molar-refractivity contribution in [1.29, 1.82) is 0 Å². The lowest BCUT2D eigenvalue weighted by atomic mass is 10.1. The quantitative estimate of drug-likeness (QED) is 0.324. The van der Waals surface area contributed by atoms with Crippen molar-refractivity contribution in [2.45, 2.75) is 32.9 Å². The van der Waals surface area contributed by atoms with E-state index in [0.717, 1.165) is 5.56 Å². The molecule has 7 nitrogen and oxygen atoms in total. The van der Waals surface area contributed by atoms with Gasteiger partial charge in [-0.15, -0.1) is 0 Å². The highest BCUT2D eigenvalue weighted by atomic mass is 32.2. The predicted molar refractivity (Wildman–Crippen MR) is 82.2 cm³/mol. The molecule has 0 fully saturated rings. The average Bonchev–Trinajstić information content (AvgIpc) is 2.35. The van der Waals surface area contributed by atoms with Crippen LogP contribution in [-0.2, 0) is 16.8 Å². The smallest absolute Gasteiger partial charge is 0.279 e. The van der Waals surface area contributed by atoms with Crippen LogP contribution in [0.15, 0.2) is 29.4 Å². The molecule has 0 spiro atoms. The normalized spacial score (nSPS) is 13.7. The number of nitrogens with one attached hydrogen (secondary N) is 1. The number of rotatable bonds is 5. The Bertz CT molecular complexity index is 621. The SMILES string of the molecule is CN(Cc1cccc(/C(N)=N/O)c1)S(=O)(=O)NC(C)(C)C. The van der Waals surface area contributed by atoms with Gasteiger partial charge in [-0.05, 0) is 32.4 Å². The summed E-state index contributed by atoms with van der Waals surface area (Å²) in [6.45, 7) is 5.50. The first-order valence-electron chi connectivity index (χ1n) is 6.37. The number of hydrogen-bond donors (Lipinski definition) is 3. The van der Waals surface area contributed by atoms with Crippen molar-refractivity contribution >= 4 is 16.0 Å². The number of oxime groups is 1. The Balaban J connectivity index is 2.91. The van der Waals surface area contributed by atoms with Gasteiger partial charge in [-0.2, -0.15) is 17.4 Å². The average molecular weight is 314 g/mol. The van der Waals surface area contributed by atoms with Gasteiger partial charge in [-0.3, -0.25) is 0 Å². The van der Waals surface area contributed by atoms with Crippen molar-refractivity contribution in [2.24, 2.45) is 10.9 Å².